The lowest BCUT2D eigenvalue weighted by Crippen LogP contribution is -2.20. The third kappa shape index (κ3) is 9.17. The summed E-state index contributed by atoms with van der Waals surface area (Å²) in [6.07, 6.45) is 9.69. The third-order valence-corrected chi connectivity index (χ3v) is 7.44. The standard InChI is InChI=1S/C36H38N2O5/c1-3-4-5-6-7-20-43-33-18-16-28(17-19-33)32-23-37-35(38-24-32)30-10-8-26(9-11-30)21-31(36(41)42)22-34(40)29-14-12-27(13-15-29)25(2)39/h8-19,23-24,31H,3-7,20-22H2,1-2H3,(H,41,42)/t31-/m1/s1. The second-order valence-corrected chi connectivity index (χ2v) is 10.8. The molecule has 0 aliphatic heterocycles. The van der Waals surface area contributed by atoms with Crippen molar-refractivity contribution in [1.82, 2.24) is 9.97 Å². The van der Waals surface area contributed by atoms with Crippen LogP contribution in [0.3, 0.4) is 0 Å². The first kappa shape index (κ1) is 31.3. The van der Waals surface area contributed by atoms with Crippen molar-refractivity contribution in [2.45, 2.75) is 58.8 Å². The van der Waals surface area contributed by atoms with E-state index in [2.05, 4.69) is 16.9 Å². The highest BCUT2D eigenvalue weighted by atomic mass is 16.5. The Morgan fingerprint density at radius 3 is 1.95 bits per heavy atom. The SMILES string of the molecule is CCCCCCCOc1ccc(-c2cnc(-c3ccc(C[C@H](CC(=O)c4ccc(C(C)=O)cc4)C(=O)O)cc3)nc2)cc1. The number of unbranched alkanes of at least 4 members (excludes halogenated alkanes) is 4. The molecule has 0 fully saturated rings. The molecule has 0 aliphatic rings. The Morgan fingerprint density at radius 1 is 0.744 bits per heavy atom. The second kappa shape index (κ2) is 15.5. The molecule has 0 radical (unpaired) electrons. The van der Waals surface area contributed by atoms with Gasteiger partial charge in [0.15, 0.2) is 17.4 Å². The van der Waals surface area contributed by atoms with Crippen molar-refractivity contribution in [3.63, 3.8) is 0 Å². The van der Waals surface area contributed by atoms with Gasteiger partial charge in [-0.05, 0) is 43.0 Å². The van der Waals surface area contributed by atoms with Crippen LogP contribution in [0, 0.1) is 5.92 Å². The fourth-order valence-electron chi connectivity index (χ4n) is 4.82. The third-order valence-electron chi connectivity index (χ3n) is 7.44. The predicted octanol–water partition coefficient (Wildman–Crippen LogP) is 7.88. The van der Waals surface area contributed by atoms with Gasteiger partial charge in [0, 0.05) is 41.1 Å². The van der Waals surface area contributed by atoms with E-state index in [0.717, 1.165) is 41.0 Å². The lowest BCUT2D eigenvalue weighted by atomic mass is 9.91. The minimum Gasteiger partial charge on any atom is -0.494 e. The molecule has 7 nitrogen and oxygen atoms in total. The summed E-state index contributed by atoms with van der Waals surface area (Å²) in [5.41, 5.74) is 4.41. The van der Waals surface area contributed by atoms with Crippen molar-refractivity contribution < 1.29 is 24.2 Å². The Balaban J connectivity index is 1.32. The van der Waals surface area contributed by atoms with E-state index in [1.54, 1.807) is 36.7 Å². The van der Waals surface area contributed by atoms with Crippen molar-refractivity contribution in [3.05, 3.63) is 102 Å². The van der Waals surface area contributed by atoms with Crippen molar-refractivity contribution in [2.75, 3.05) is 6.61 Å². The molecule has 0 aliphatic carbocycles. The van der Waals surface area contributed by atoms with Gasteiger partial charge in [-0.3, -0.25) is 14.4 Å². The number of carbonyl (C=O) groups excluding carboxylic acids is 2. The second-order valence-electron chi connectivity index (χ2n) is 10.8. The summed E-state index contributed by atoms with van der Waals surface area (Å²) in [4.78, 5) is 45.2. The summed E-state index contributed by atoms with van der Waals surface area (Å²) < 4.78 is 5.86. The van der Waals surface area contributed by atoms with E-state index in [1.807, 2.05) is 48.5 Å². The molecule has 0 amide bonds. The number of ketones is 2. The summed E-state index contributed by atoms with van der Waals surface area (Å²) in [6.45, 7) is 4.40. The average molecular weight is 579 g/mol. The maximum Gasteiger partial charge on any atom is 0.307 e. The molecule has 3 aromatic carbocycles. The molecule has 1 heterocycles. The number of nitrogens with zero attached hydrogens (tertiary/aromatic N) is 2. The fraction of sp³-hybridized carbons (Fsp3) is 0.306. The molecule has 4 aromatic rings. The zero-order valence-electron chi connectivity index (χ0n) is 24.8. The normalized spacial score (nSPS) is 11.6. The maximum absolute atomic E-state index is 12.7. The molecule has 0 saturated heterocycles. The Morgan fingerprint density at radius 2 is 1.35 bits per heavy atom. The fourth-order valence-corrected chi connectivity index (χ4v) is 4.82. The number of hydrogen-bond acceptors (Lipinski definition) is 6. The van der Waals surface area contributed by atoms with Crippen LogP contribution in [-0.2, 0) is 11.2 Å². The molecule has 1 N–H and O–H groups in total. The van der Waals surface area contributed by atoms with Gasteiger partial charge < -0.3 is 9.84 Å². The molecule has 7 heteroatoms. The zero-order valence-corrected chi connectivity index (χ0v) is 24.8. The lowest BCUT2D eigenvalue weighted by molar-refractivity contribution is -0.141. The molecule has 222 valence electrons. The van der Waals surface area contributed by atoms with Gasteiger partial charge in [-0.25, -0.2) is 9.97 Å². The predicted molar refractivity (Wildman–Crippen MR) is 167 cm³/mol. The minimum absolute atomic E-state index is 0.0913. The van der Waals surface area contributed by atoms with Gasteiger partial charge in [0.25, 0.3) is 0 Å². The van der Waals surface area contributed by atoms with Crippen LogP contribution in [0.2, 0.25) is 0 Å². The first-order chi connectivity index (χ1) is 20.8. The van der Waals surface area contributed by atoms with Gasteiger partial charge in [-0.1, -0.05) is 93.3 Å². The van der Waals surface area contributed by atoms with Crippen LogP contribution in [0.15, 0.2) is 85.2 Å². The molecule has 0 bridgehead atoms. The number of aromatic nitrogens is 2. The van der Waals surface area contributed by atoms with Gasteiger partial charge in [0.2, 0.25) is 0 Å². The van der Waals surface area contributed by atoms with Crippen LogP contribution in [0.5, 0.6) is 5.75 Å². The summed E-state index contributed by atoms with van der Waals surface area (Å²) >= 11 is 0. The number of rotatable bonds is 16. The van der Waals surface area contributed by atoms with Crippen LogP contribution in [0.1, 0.15) is 78.7 Å². The van der Waals surface area contributed by atoms with E-state index in [-0.39, 0.29) is 24.4 Å². The quantitative estimate of drug-likeness (QED) is 0.106. The maximum atomic E-state index is 12.7. The number of carbonyl (C=O) groups is 3. The summed E-state index contributed by atoms with van der Waals surface area (Å²) in [7, 11) is 0. The van der Waals surface area contributed by atoms with E-state index in [9.17, 15) is 19.5 Å². The molecule has 1 atom stereocenters. The summed E-state index contributed by atoms with van der Waals surface area (Å²) in [5.74, 6) is -0.839. The first-order valence-corrected chi connectivity index (χ1v) is 14.9. The molecule has 4 rings (SSSR count). The number of hydrogen-bond donors (Lipinski definition) is 1. The summed E-state index contributed by atoms with van der Waals surface area (Å²) in [6, 6.07) is 21.7. The van der Waals surface area contributed by atoms with Crippen LogP contribution >= 0.6 is 0 Å². The van der Waals surface area contributed by atoms with Crippen molar-refractivity contribution in [2.24, 2.45) is 5.92 Å². The van der Waals surface area contributed by atoms with E-state index < -0.39 is 11.9 Å². The smallest absolute Gasteiger partial charge is 0.307 e. The van der Waals surface area contributed by atoms with Gasteiger partial charge in [-0.2, -0.15) is 0 Å². The Hall–Kier alpha value is -4.65. The Labute approximate surface area is 253 Å². The monoisotopic (exact) mass is 578 g/mol. The largest absolute Gasteiger partial charge is 0.494 e. The zero-order chi connectivity index (χ0) is 30.6. The highest BCUT2D eigenvalue weighted by Crippen LogP contribution is 2.24. The average Bonchev–Trinajstić information content (AvgIpc) is 3.03. The topological polar surface area (TPSA) is 106 Å². The van der Waals surface area contributed by atoms with Crippen LogP contribution < -0.4 is 4.74 Å². The number of ether oxygens (including phenoxy) is 1. The first-order valence-electron chi connectivity index (χ1n) is 14.9. The number of Topliss-reactive ketones (excluding diaryl/α,β-unsaturated/α-hetero) is 2. The highest BCUT2D eigenvalue weighted by molar-refractivity contribution is 6.00. The van der Waals surface area contributed by atoms with Crippen LogP contribution in [0.25, 0.3) is 22.5 Å². The van der Waals surface area contributed by atoms with Gasteiger partial charge in [0.05, 0.1) is 12.5 Å². The number of carboxylic acids is 1. The van der Waals surface area contributed by atoms with Gasteiger partial charge in [-0.15, -0.1) is 0 Å². The number of benzene rings is 3. The molecular formula is C36H38N2O5. The highest BCUT2D eigenvalue weighted by Gasteiger charge is 2.23. The van der Waals surface area contributed by atoms with E-state index in [4.69, 9.17) is 4.74 Å². The van der Waals surface area contributed by atoms with Crippen LogP contribution in [0.4, 0.5) is 0 Å². The van der Waals surface area contributed by atoms with E-state index in [1.165, 1.54) is 32.6 Å². The molecule has 0 spiro atoms. The molecule has 43 heavy (non-hydrogen) atoms. The number of carboxylic acid groups (broad SMARTS) is 1. The van der Waals surface area contributed by atoms with Crippen LogP contribution in [-0.4, -0.2) is 39.2 Å². The lowest BCUT2D eigenvalue weighted by Gasteiger charge is -2.12. The molecule has 0 unspecified atom stereocenters. The molecule has 0 saturated carbocycles. The van der Waals surface area contributed by atoms with E-state index >= 15 is 0 Å². The Kier molecular flexibility index (Phi) is 11.3. The minimum atomic E-state index is -1.03. The Bertz CT molecular complexity index is 1500. The van der Waals surface area contributed by atoms with Crippen molar-refractivity contribution in [3.8, 4) is 28.3 Å². The van der Waals surface area contributed by atoms with Gasteiger partial charge >= 0.3 is 5.97 Å². The molecule has 1 aromatic heterocycles. The summed E-state index contributed by atoms with van der Waals surface area (Å²) in [5, 5.41) is 9.77. The van der Waals surface area contributed by atoms with Crippen molar-refractivity contribution >= 4 is 17.5 Å². The number of aliphatic carboxylic acids is 1. The van der Waals surface area contributed by atoms with Crippen molar-refractivity contribution in [1.29, 1.82) is 0 Å². The molecular weight excluding hydrogens is 540 g/mol. The van der Waals surface area contributed by atoms with E-state index in [0.29, 0.717) is 17.0 Å². The van der Waals surface area contributed by atoms with Gasteiger partial charge in [0.1, 0.15) is 5.75 Å².